The van der Waals surface area contributed by atoms with Gasteiger partial charge in [0.15, 0.2) is 5.78 Å². The van der Waals surface area contributed by atoms with E-state index in [1.54, 1.807) is 6.08 Å². The Balaban J connectivity index is 1.22. The lowest BCUT2D eigenvalue weighted by molar-refractivity contribution is -0.0971. The van der Waals surface area contributed by atoms with Gasteiger partial charge in [-0.3, -0.25) is 9.69 Å². The lowest BCUT2D eigenvalue weighted by Crippen LogP contribution is -2.37. The SMILES string of the molecule is O=C1Cc2ccc(N3CCCN(CC4=CC=C(C(F)(F)F)CC45CCCC5)CC3)c3cccc1c23. The number of carbonyl (C=O) groups is 1. The summed E-state index contributed by atoms with van der Waals surface area (Å²) >= 11 is 0. The second-order valence-electron chi connectivity index (χ2n) is 10.7. The van der Waals surface area contributed by atoms with Crippen molar-refractivity contribution in [3.8, 4) is 0 Å². The summed E-state index contributed by atoms with van der Waals surface area (Å²) in [5.41, 5.74) is 3.67. The van der Waals surface area contributed by atoms with Crippen LogP contribution >= 0.6 is 0 Å². The molecule has 3 aliphatic carbocycles. The minimum atomic E-state index is -4.23. The lowest BCUT2D eigenvalue weighted by Gasteiger charge is -2.38. The lowest BCUT2D eigenvalue weighted by atomic mass is 9.70. The topological polar surface area (TPSA) is 23.6 Å². The third kappa shape index (κ3) is 4.00. The molecule has 1 heterocycles. The van der Waals surface area contributed by atoms with Crippen LogP contribution in [0, 0.1) is 5.41 Å². The van der Waals surface area contributed by atoms with Gasteiger partial charge in [-0.05, 0) is 53.7 Å². The molecule has 4 aliphatic rings. The first-order valence-electron chi connectivity index (χ1n) is 12.9. The molecule has 3 nitrogen and oxygen atoms in total. The van der Waals surface area contributed by atoms with Crippen LogP contribution in [-0.2, 0) is 6.42 Å². The Labute approximate surface area is 204 Å². The van der Waals surface area contributed by atoms with Crippen LogP contribution in [0.4, 0.5) is 18.9 Å². The van der Waals surface area contributed by atoms with E-state index in [0.29, 0.717) is 6.42 Å². The molecule has 0 atom stereocenters. The molecule has 1 saturated carbocycles. The van der Waals surface area contributed by atoms with Crippen LogP contribution < -0.4 is 4.90 Å². The molecule has 6 rings (SSSR count). The Hall–Kier alpha value is -2.60. The van der Waals surface area contributed by atoms with E-state index < -0.39 is 6.18 Å². The number of halogens is 3. The monoisotopic (exact) mass is 480 g/mol. The molecule has 1 spiro atoms. The second-order valence-corrected chi connectivity index (χ2v) is 10.7. The Morgan fingerprint density at radius 1 is 0.914 bits per heavy atom. The van der Waals surface area contributed by atoms with E-state index in [2.05, 4.69) is 28.0 Å². The van der Waals surface area contributed by atoms with Crippen molar-refractivity contribution in [2.45, 2.75) is 51.1 Å². The van der Waals surface area contributed by atoms with Gasteiger partial charge in [0, 0.05) is 61.4 Å². The number of benzene rings is 2. The maximum Gasteiger partial charge on any atom is 0.412 e. The largest absolute Gasteiger partial charge is 0.412 e. The third-order valence-corrected chi connectivity index (χ3v) is 8.70. The molecule has 2 fully saturated rings. The van der Waals surface area contributed by atoms with Gasteiger partial charge in [0.1, 0.15) is 0 Å². The number of rotatable bonds is 3. The standard InChI is InChI=1S/C29H31F3N2O/c30-29(31,32)21-8-9-22(28(18-21)11-1-2-12-28)19-33-13-4-14-34(16-15-33)25-10-7-20-17-26(35)24-6-3-5-23(25)27(20)24/h3,5-10H,1-2,4,11-19H2. The van der Waals surface area contributed by atoms with Crippen molar-refractivity contribution < 1.29 is 18.0 Å². The molecular weight excluding hydrogens is 449 g/mol. The van der Waals surface area contributed by atoms with Crippen LogP contribution in [0.2, 0.25) is 0 Å². The Morgan fingerprint density at radius 3 is 2.54 bits per heavy atom. The fraction of sp³-hybridized carbons (Fsp3) is 0.483. The van der Waals surface area contributed by atoms with Gasteiger partial charge in [0.25, 0.3) is 0 Å². The minimum Gasteiger partial charge on any atom is -0.370 e. The number of hydrogen-bond donors (Lipinski definition) is 0. The zero-order valence-electron chi connectivity index (χ0n) is 20.0. The molecule has 2 aromatic rings. The summed E-state index contributed by atoms with van der Waals surface area (Å²) in [6, 6.07) is 10.3. The molecule has 0 N–H and O–H groups in total. The van der Waals surface area contributed by atoms with E-state index in [-0.39, 0.29) is 23.2 Å². The number of nitrogens with zero attached hydrogens (tertiary/aromatic N) is 2. The predicted octanol–water partition coefficient (Wildman–Crippen LogP) is 6.47. The fourth-order valence-corrected chi connectivity index (χ4v) is 6.88. The zero-order valence-corrected chi connectivity index (χ0v) is 20.0. The third-order valence-electron chi connectivity index (χ3n) is 8.70. The van der Waals surface area contributed by atoms with Crippen LogP contribution in [0.15, 0.2) is 53.6 Å². The van der Waals surface area contributed by atoms with Crippen LogP contribution in [0.25, 0.3) is 10.8 Å². The molecule has 1 aliphatic heterocycles. The van der Waals surface area contributed by atoms with Gasteiger partial charge in [-0.15, -0.1) is 0 Å². The van der Waals surface area contributed by atoms with Gasteiger partial charge in [-0.25, -0.2) is 0 Å². The molecule has 0 aromatic heterocycles. The van der Waals surface area contributed by atoms with Crippen LogP contribution in [0.1, 0.15) is 54.4 Å². The highest BCUT2D eigenvalue weighted by molar-refractivity contribution is 6.17. The van der Waals surface area contributed by atoms with E-state index in [1.165, 1.54) is 17.3 Å². The van der Waals surface area contributed by atoms with Crippen molar-refractivity contribution in [1.82, 2.24) is 4.90 Å². The van der Waals surface area contributed by atoms with E-state index in [9.17, 15) is 18.0 Å². The maximum atomic E-state index is 13.5. The Morgan fingerprint density at radius 2 is 1.74 bits per heavy atom. The van der Waals surface area contributed by atoms with E-state index in [4.69, 9.17) is 0 Å². The van der Waals surface area contributed by atoms with Crippen LogP contribution in [-0.4, -0.2) is 49.6 Å². The highest BCUT2D eigenvalue weighted by Crippen LogP contribution is 2.53. The molecule has 0 amide bonds. The molecule has 184 valence electrons. The Kier molecular flexibility index (Phi) is 5.55. The molecular formula is C29H31F3N2O. The van der Waals surface area contributed by atoms with Gasteiger partial charge < -0.3 is 4.90 Å². The summed E-state index contributed by atoms with van der Waals surface area (Å²) in [5, 5.41) is 2.27. The molecule has 0 unspecified atom stereocenters. The number of allylic oxidation sites excluding steroid dienone is 3. The van der Waals surface area contributed by atoms with E-state index in [1.807, 2.05) is 12.1 Å². The zero-order chi connectivity index (χ0) is 24.2. The number of carbonyl (C=O) groups excluding carboxylic acids is 1. The summed E-state index contributed by atoms with van der Waals surface area (Å²) in [6.07, 6.45) is 4.30. The molecule has 1 saturated heterocycles. The summed E-state index contributed by atoms with van der Waals surface area (Å²) in [4.78, 5) is 17.3. The van der Waals surface area contributed by atoms with Gasteiger partial charge >= 0.3 is 6.18 Å². The van der Waals surface area contributed by atoms with Crippen molar-refractivity contribution in [3.05, 3.63) is 64.8 Å². The number of Topliss-reactive ketones (excluding diaryl/α,β-unsaturated/α-hetero) is 1. The highest BCUT2D eigenvalue weighted by atomic mass is 19.4. The first-order chi connectivity index (χ1) is 16.8. The quantitative estimate of drug-likeness (QED) is 0.503. The fourth-order valence-electron chi connectivity index (χ4n) is 6.88. The van der Waals surface area contributed by atoms with Crippen molar-refractivity contribution in [1.29, 1.82) is 0 Å². The number of ketones is 1. The number of anilines is 1. The van der Waals surface area contributed by atoms with Crippen molar-refractivity contribution in [3.63, 3.8) is 0 Å². The first kappa shape index (κ1) is 22.8. The summed E-state index contributed by atoms with van der Waals surface area (Å²) in [6.45, 7) is 4.39. The predicted molar refractivity (Wildman–Crippen MR) is 133 cm³/mol. The van der Waals surface area contributed by atoms with E-state index >= 15 is 0 Å². The number of alkyl halides is 3. The first-order valence-corrected chi connectivity index (χ1v) is 12.9. The highest BCUT2D eigenvalue weighted by Gasteiger charge is 2.45. The average molecular weight is 481 g/mol. The van der Waals surface area contributed by atoms with Crippen LogP contribution in [0.3, 0.4) is 0 Å². The van der Waals surface area contributed by atoms with Gasteiger partial charge in [0.2, 0.25) is 0 Å². The summed E-state index contributed by atoms with van der Waals surface area (Å²) < 4.78 is 40.4. The average Bonchev–Trinajstić information content (AvgIpc) is 3.34. The van der Waals surface area contributed by atoms with Crippen molar-refractivity contribution in [2.24, 2.45) is 5.41 Å². The maximum absolute atomic E-state index is 13.5. The van der Waals surface area contributed by atoms with Crippen molar-refractivity contribution in [2.75, 3.05) is 37.6 Å². The molecule has 2 aromatic carbocycles. The summed E-state index contributed by atoms with van der Waals surface area (Å²) in [5.74, 6) is 0.203. The molecule has 0 bridgehead atoms. The molecule has 6 heteroatoms. The Bertz CT molecular complexity index is 1240. The number of hydrogen-bond acceptors (Lipinski definition) is 3. The van der Waals surface area contributed by atoms with Gasteiger partial charge in [-0.2, -0.15) is 13.2 Å². The van der Waals surface area contributed by atoms with Crippen molar-refractivity contribution >= 4 is 22.2 Å². The minimum absolute atomic E-state index is 0.141. The second kappa shape index (κ2) is 8.51. The molecule has 0 radical (unpaired) electrons. The van der Waals surface area contributed by atoms with Gasteiger partial charge in [-0.1, -0.05) is 49.3 Å². The molecule has 35 heavy (non-hydrogen) atoms. The van der Waals surface area contributed by atoms with Crippen LogP contribution in [0.5, 0.6) is 0 Å². The van der Waals surface area contributed by atoms with E-state index in [0.717, 1.165) is 86.7 Å². The van der Waals surface area contributed by atoms with Gasteiger partial charge in [0.05, 0.1) is 0 Å². The normalized spacial score (nSPS) is 22.6. The summed E-state index contributed by atoms with van der Waals surface area (Å²) in [7, 11) is 0. The smallest absolute Gasteiger partial charge is 0.370 e.